The van der Waals surface area contributed by atoms with Gasteiger partial charge in [0.1, 0.15) is 6.04 Å². The van der Waals surface area contributed by atoms with Crippen LogP contribution in [0.2, 0.25) is 0 Å². The van der Waals surface area contributed by atoms with Crippen molar-refractivity contribution in [2.75, 3.05) is 26.9 Å². The molecule has 1 aromatic carbocycles. The standard InChI is InChI=1S/C15H19NO6/c1-20-8-5-11(15(18)19)16-14(17)10-3-4-12-13(9-10)22-7-2-6-21-12/h3-4,9,11H,2,5-8H2,1H3,(H,16,17)(H,18,19). The van der Waals surface area contributed by atoms with E-state index in [9.17, 15) is 9.59 Å². The molecule has 0 spiro atoms. The number of aliphatic carboxylic acids is 1. The number of fused-ring (bicyclic) bond motifs is 1. The third kappa shape index (κ3) is 4.11. The number of methoxy groups -OCH3 is 1. The monoisotopic (exact) mass is 309 g/mol. The van der Waals surface area contributed by atoms with Crippen LogP contribution in [0.4, 0.5) is 0 Å². The highest BCUT2D eigenvalue weighted by Gasteiger charge is 2.21. The first kappa shape index (κ1) is 16.1. The molecule has 0 saturated heterocycles. The highest BCUT2D eigenvalue weighted by atomic mass is 16.5. The summed E-state index contributed by atoms with van der Waals surface area (Å²) in [6, 6.07) is 3.80. The molecule has 7 heteroatoms. The Bertz CT molecular complexity index is 545. The van der Waals surface area contributed by atoms with Crippen LogP contribution in [0.15, 0.2) is 18.2 Å². The topological polar surface area (TPSA) is 94.1 Å². The van der Waals surface area contributed by atoms with Gasteiger partial charge in [-0.2, -0.15) is 0 Å². The van der Waals surface area contributed by atoms with Gasteiger partial charge in [0.25, 0.3) is 5.91 Å². The number of benzene rings is 1. The Morgan fingerprint density at radius 3 is 2.73 bits per heavy atom. The number of carboxylic acid groups (broad SMARTS) is 1. The summed E-state index contributed by atoms with van der Waals surface area (Å²) in [5.41, 5.74) is 0.327. The Morgan fingerprint density at radius 1 is 1.32 bits per heavy atom. The maximum absolute atomic E-state index is 12.2. The van der Waals surface area contributed by atoms with Gasteiger partial charge in [-0.05, 0) is 18.2 Å². The lowest BCUT2D eigenvalue weighted by atomic mass is 10.1. The molecule has 0 radical (unpaired) electrons. The maximum atomic E-state index is 12.2. The van der Waals surface area contributed by atoms with Crippen molar-refractivity contribution in [3.05, 3.63) is 23.8 Å². The number of ether oxygens (including phenoxy) is 3. The lowest BCUT2D eigenvalue weighted by molar-refractivity contribution is -0.139. The summed E-state index contributed by atoms with van der Waals surface area (Å²) in [7, 11) is 1.48. The van der Waals surface area contributed by atoms with Gasteiger partial charge in [-0.3, -0.25) is 4.79 Å². The lowest BCUT2D eigenvalue weighted by Crippen LogP contribution is -2.41. The van der Waals surface area contributed by atoms with E-state index in [2.05, 4.69) is 5.32 Å². The first-order chi connectivity index (χ1) is 10.6. The van der Waals surface area contributed by atoms with E-state index in [0.29, 0.717) is 30.3 Å². The second-order valence-corrected chi connectivity index (χ2v) is 4.86. The molecule has 22 heavy (non-hydrogen) atoms. The van der Waals surface area contributed by atoms with Crippen molar-refractivity contribution in [3.8, 4) is 11.5 Å². The molecule has 2 N–H and O–H groups in total. The summed E-state index contributed by atoms with van der Waals surface area (Å²) in [6.07, 6.45) is 0.969. The number of carbonyl (C=O) groups is 2. The number of hydrogen-bond acceptors (Lipinski definition) is 5. The fourth-order valence-electron chi connectivity index (χ4n) is 2.04. The van der Waals surface area contributed by atoms with Gasteiger partial charge in [0.2, 0.25) is 0 Å². The fourth-order valence-corrected chi connectivity index (χ4v) is 2.04. The Labute approximate surface area is 128 Å². The predicted octanol–water partition coefficient (Wildman–Crippen LogP) is 1.07. The zero-order valence-electron chi connectivity index (χ0n) is 12.3. The van der Waals surface area contributed by atoms with Gasteiger partial charge in [-0.25, -0.2) is 4.79 Å². The van der Waals surface area contributed by atoms with Crippen molar-refractivity contribution < 1.29 is 28.9 Å². The van der Waals surface area contributed by atoms with E-state index in [4.69, 9.17) is 19.3 Å². The zero-order chi connectivity index (χ0) is 15.9. The largest absolute Gasteiger partial charge is 0.490 e. The molecule has 1 aromatic rings. The van der Waals surface area contributed by atoms with Crippen molar-refractivity contribution in [2.45, 2.75) is 18.9 Å². The minimum absolute atomic E-state index is 0.197. The molecule has 0 aromatic heterocycles. The smallest absolute Gasteiger partial charge is 0.326 e. The van der Waals surface area contributed by atoms with Crippen LogP contribution in [-0.2, 0) is 9.53 Å². The molecule has 1 unspecified atom stereocenters. The quantitative estimate of drug-likeness (QED) is 0.816. The molecule has 1 atom stereocenters. The SMILES string of the molecule is COCCC(NC(=O)c1ccc2c(c1)OCCCO2)C(=O)O. The number of nitrogens with one attached hydrogen (secondary N) is 1. The summed E-state index contributed by atoms with van der Waals surface area (Å²) >= 11 is 0. The van der Waals surface area contributed by atoms with Crippen LogP contribution in [0.3, 0.4) is 0 Å². The molecule has 1 amide bonds. The average molecular weight is 309 g/mol. The summed E-state index contributed by atoms with van der Waals surface area (Å²) in [5, 5.41) is 11.6. The Kier molecular flexibility index (Phi) is 5.60. The number of carboxylic acids is 1. The number of amides is 1. The van der Waals surface area contributed by atoms with Crippen LogP contribution < -0.4 is 14.8 Å². The van der Waals surface area contributed by atoms with Crippen molar-refractivity contribution in [3.63, 3.8) is 0 Å². The molecule has 1 aliphatic rings. The van der Waals surface area contributed by atoms with Gasteiger partial charge in [-0.15, -0.1) is 0 Å². The molecule has 120 valence electrons. The van der Waals surface area contributed by atoms with Gasteiger partial charge in [0, 0.05) is 32.1 Å². The second kappa shape index (κ2) is 7.65. The average Bonchev–Trinajstić information content (AvgIpc) is 2.75. The van der Waals surface area contributed by atoms with E-state index in [1.165, 1.54) is 7.11 Å². The molecule has 0 aliphatic carbocycles. The van der Waals surface area contributed by atoms with Crippen LogP contribution in [0.1, 0.15) is 23.2 Å². The van der Waals surface area contributed by atoms with Crippen molar-refractivity contribution in [2.24, 2.45) is 0 Å². The van der Waals surface area contributed by atoms with Crippen molar-refractivity contribution >= 4 is 11.9 Å². The summed E-state index contributed by atoms with van der Waals surface area (Å²) < 4.78 is 15.9. The summed E-state index contributed by atoms with van der Waals surface area (Å²) in [4.78, 5) is 23.3. The number of carbonyl (C=O) groups excluding carboxylic acids is 1. The molecule has 0 fully saturated rings. The summed E-state index contributed by atoms with van der Waals surface area (Å²) in [5.74, 6) is -0.490. The van der Waals surface area contributed by atoms with E-state index >= 15 is 0 Å². The Balaban J connectivity index is 2.08. The van der Waals surface area contributed by atoms with Crippen LogP contribution >= 0.6 is 0 Å². The third-order valence-electron chi connectivity index (χ3n) is 3.22. The van der Waals surface area contributed by atoms with Gasteiger partial charge in [0.05, 0.1) is 13.2 Å². The molecule has 1 aliphatic heterocycles. The minimum Gasteiger partial charge on any atom is -0.490 e. The Morgan fingerprint density at radius 2 is 2.05 bits per heavy atom. The zero-order valence-corrected chi connectivity index (χ0v) is 12.3. The van der Waals surface area contributed by atoms with Gasteiger partial charge >= 0.3 is 5.97 Å². The van der Waals surface area contributed by atoms with E-state index < -0.39 is 17.9 Å². The fraction of sp³-hybridized carbons (Fsp3) is 0.467. The first-order valence-electron chi connectivity index (χ1n) is 7.04. The van der Waals surface area contributed by atoms with E-state index in [1.54, 1.807) is 18.2 Å². The molecular weight excluding hydrogens is 290 g/mol. The Hall–Kier alpha value is -2.28. The van der Waals surface area contributed by atoms with E-state index in [1.807, 2.05) is 0 Å². The van der Waals surface area contributed by atoms with Crippen molar-refractivity contribution in [1.82, 2.24) is 5.32 Å². The van der Waals surface area contributed by atoms with Crippen LogP contribution in [0.25, 0.3) is 0 Å². The highest BCUT2D eigenvalue weighted by Crippen LogP contribution is 2.30. The van der Waals surface area contributed by atoms with Gasteiger partial charge < -0.3 is 24.6 Å². The predicted molar refractivity (Wildman–Crippen MR) is 77.4 cm³/mol. The molecule has 7 nitrogen and oxygen atoms in total. The number of hydrogen-bond donors (Lipinski definition) is 2. The third-order valence-corrected chi connectivity index (χ3v) is 3.22. The number of rotatable bonds is 6. The second-order valence-electron chi connectivity index (χ2n) is 4.86. The normalized spacial score (nSPS) is 14.8. The van der Waals surface area contributed by atoms with Gasteiger partial charge in [-0.1, -0.05) is 0 Å². The van der Waals surface area contributed by atoms with Crippen molar-refractivity contribution in [1.29, 1.82) is 0 Å². The summed E-state index contributed by atoms with van der Waals surface area (Å²) in [6.45, 7) is 1.33. The van der Waals surface area contributed by atoms with Crippen LogP contribution in [-0.4, -0.2) is 50.0 Å². The van der Waals surface area contributed by atoms with Gasteiger partial charge in [0.15, 0.2) is 11.5 Å². The molecule has 0 bridgehead atoms. The lowest BCUT2D eigenvalue weighted by Gasteiger charge is -2.15. The van der Waals surface area contributed by atoms with E-state index in [0.717, 1.165) is 6.42 Å². The van der Waals surface area contributed by atoms with Crippen LogP contribution in [0, 0.1) is 0 Å². The minimum atomic E-state index is -1.10. The maximum Gasteiger partial charge on any atom is 0.326 e. The highest BCUT2D eigenvalue weighted by molar-refractivity contribution is 5.97. The molecule has 2 rings (SSSR count). The van der Waals surface area contributed by atoms with E-state index in [-0.39, 0.29) is 13.0 Å². The molecular formula is C15H19NO6. The first-order valence-corrected chi connectivity index (χ1v) is 7.04. The molecule has 0 saturated carbocycles. The molecule has 1 heterocycles. The van der Waals surface area contributed by atoms with Crippen LogP contribution in [0.5, 0.6) is 11.5 Å².